The van der Waals surface area contributed by atoms with E-state index >= 15 is 0 Å². The number of hydrogen-bond donors (Lipinski definition) is 2. The van der Waals surface area contributed by atoms with E-state index in [-0.39, 0.29) is 0 Å². The molecule has 0 saturated heterocycles. The maximum atomic E-state index is 11.8. The van der Waals surface area contributed by atoms with Crippen LogP contribution in [-0.4, -0.2) is 38.5 Å². The van der Waals surface area contributed by atoms with E-state index in [1.165, 1.54) is 0 Å². The number of hydrogen-bond acceptors (Lipinski definition) is 5. The first-order valence-electron chi connectivity index (χ1n) is 8.17. The Kier molecular flexibility index (Phi) is 7.32. The van der Waals surface area contributed by atoms with E-state index in [4.69, 9.17) is 5.73 Å². The number of carbonyl (C=O) groups is 1. The molecule has 0 radical (unpaired) electrons. The summed E-state index contributed by atoms with van der Waals surface area (Å²) in [5.74, 6) is -0.820. The van der Waals surface area contributed by atoms with Gasteiger partial charge in [-0.2, -0.15) is 0 Å². The van der Waals surface area contributed by atoms with Gasteiger partial charge in [0, 0.05) is 25.5 Å². The van der Waals surface area contributed by atoms with Crippen molar-refractivity contribution in [2.45, 2.75) is 38.4 Å². The summed E-state index contributed by atoms with van der Waals surface area (Å²) >= 11 is 0. The Labute approximate surface area is 142 Å². The number of nitrogens with two attached hydrogens (primary N) is 1. The van der Waals surface area contributed by atoms with E-state index in [1.807, 2.05) is 41.3 Å². The summed E-state index contributed by atoms with van der Waals surface area (Å²) in [5.41, 5.74) is 7.22. The van der Waals surface area contributed by atoms with Crippen molar-refractivity contribution in [3.05, 3.63) is 60.2 Å². The molecule has 0 saturated carbocycles. The number of rotatable bonds is 10. The fourth-order valence-electron chi connectivity index (χ4n) is 2.62. The average molecular weight is 328 g/mol. The van der Waals surface area contributed by atoms with E-state index in [0.29, 0.717) is 26.1 Å². The van der Waals surface area contributed by atoms with Gasteiger partial charge in [-0.15, -0.1) is 0 Å². The molecule has 0 bridgehead atoms. The fraction of sp³-hybridized carbons (Fsp3) is 0.389. The van der Waals surface area contributed by atoms with Crippen LogP contribution in [0.25, 0.3) is 0 Å². The molecule has 0 amide bonds. The van der Waals surface area contributed by atoms with Crippen LogP contribution in [0, 0.1) is 0 Å². The highest BCUT2D eigenvalue weighted by atomic mass is 16.4. The topological polar surface area (TPSA) is 92.3 Å². The van der Waals surface area contributed by atoms with Crippen molar-refractivity contribution >= 4 is 5.97 Å². The molecule has 3 N–H and O–H groups in total. The molecule has 0 aliphatic rings. The molecule has 0 spiro atoms. The summed E-state index contributed by atoms with van der Waals surface area (Å²) < 4.78 is 0. The number of aliphatic carboxylic acids is 1. The molecule has 24 heavy (non-hydrogen) atoms. The van der Waals surface area contributed by atoms with Crippen LogP contribution in [0.1, 0.15) is 30.7 Å². The Morgan fingerprint density at radius 1 is 1.04 bits per heavy atom. The molecular formula is C18H24N4O2. The third-order valence-corrected chi connectivity index (χ3v) is 3.84. The van der Waals surface area contributed by atoms with Gasteiger partial charge in [-0.25, -0.2) is 0 Å². The first kappa shape index (κ1) is 18.0. The van der Waals surface area contributed by atoms with Gasteiger partial charge < -0.3 is 10.8 Å². The van der Waals surface area contributed by atoms with Crippen molar-refractivity contribution in [2.75, 3.05) is 6.54 Å². The molecule has 1 unspecified atom stereocenters. The summed E-state index contributed by atoms with van der Waals surface area (Å²) in [6.07, 6.45) is 5.61. The molecule has 2 aromatic heterocycles. The van der Waals surface area contributed by atoms with Gasteiger partial charge in [-0.1, -0.05) is 18.6 Å². The number of carboxylic acid groups (broad SMARTS) is 1. The second kappa shape index (κ2) is 9.75. The minimum atomic E-state index is -0.820. The van der Waals surface area contributed by atoms with Crippen LogP contribution >= 0.6 is 0 Å². The second-order valence-electron chi connectivity index (χ2n) is 5.69. The van der Waals surface area contributed by atoms with Crippen LogP contribution in [-0.2, 0) is 17.9 Å². The lowest BCUT2D eigenvalue weighted by Crippen LogP contribution is -2.40. The maximum Gasteiger partial charge on any atom is 0.320 e. The highest BCUT2D eigenvalue weighted by molar-refractivity contribution is 5.73. The van der Waals surface area contributed by atoms with Crippen molar-refractivity contribution in [3.8, 4) is 0 Å². The van der Waals surface area contributed by atoms with Gasteiger partial charge in [0.25, 0.3) is 0 Å². The minimum Gasteiger partial charge on any atom is -0.480 e. The van der Waals surface area contributed by atoms with E-state index < -0.39 is 12.0 Å². The fourth-order valence-corrected chi connectivity index (χ4v) is 2.62. The van der Waals surface area contributed by atoms with Gasteiger partial charge in [-0.3, -0.25) is 19.7 Å². The van der Waals surface area contributed by atoms with Gasteiger partial charge in [0.15, 0.2) is 0 Å². The molecular weight excluding hydrogens is 304 g/mol. The summed E-state index contributed by atoms with van der Waals surface area (Å²) in [6.45, 7) is 1.51. The van der Waals surface area contributed by atoms with Gasteiger partial charge in [-0.05, 0) is 43.7 Å². The molecule has 0 aromatic carbocycles. The molecule has 2 aromatic rings. The van der Waals surface area contributed by atoms with Crippen molar-refractivity contribution in [1.29, 1.82) is 0 Å². The monoisotopic (exact) mass is 328 g/mol. The number of pyridine rings is 2. The van der Waals surface area contributed by atoms with Crippen LogP contribution < -0.4 is 5.73 Å². The Hall–Kier alpha value is -2.31. The van der Waals surface area contributed by atoms with Crippen LogP contribution in [0.15, 0.2) is 48.8 Å². The standard InChI is InChI=1S/C18H24N4O2/c19-10-4-1-9-17(18(23)24)22(13-15-7-2-5-11-20-15)14-16-8-3-6-12-21-16/h2-3,5-8,11-12,17H,1,4,9-10,13-14,19H2,(H,23,24). The quantitative estimate of drug-likeness (QED) is 0.649. The summed E-state index contributed by atoms with van der Waals surface area (Å²) in [4.78, 5) is 22.4. The predicted molar refractivity (Wildman–Crippen MR) is 92.1 cm³/mol. The molecule has 2 rings (SSSR count). The normalized spacial score (nSPS) is 12.2. The largest absolute Gasteiger partial charge is 0.480 e. The summed E-state index contributed by atoms with van der Waals surface area (Å²) in [6, 6.07) is 10.7. The van der Waals surface area contributed by atoms with Crippen molar-refractivity contribution in [2.24, 2.45) is 5.73 Å². The summed E-state index contributed by atoms with van der Waals surface area (Å²) in [7, 11) is 0. The van der Waals surface area contributed by atoms with Gasteiger partial charge >= 0.3 is 5.97 Å². The molecule has 0 aliphatic heterocycles. The Morgan fingerprint density at radius 2 is 1.62 bits per heavy atom. The van der Waals surface area contributed by atoms with Crippen molar-refractivity contribution < 1.29 is 9.90 Å². The zero-order valence-electron chi connectivity index (χ0n) is 13.7. The smallest absolute Gasteiger partial charge is 0.320 e. The SMILES string of the molecule is NCCCCC(C(=O)O)N(Cc1ccccn1)Cc1ccccn1. The van der Waals surface area contributed by atoms with Crippen LogP contribution in [0.4, 0.5) is 0 Å². The van der Waals surface area contributed by atoms with Crippen LogP contribution in [0.5, 0.6) is 0 Å². The lowest BCUT2D eigenvalue weighted by atomic mass is 10.1. The average Bonchev–Trinajstić information content (AvgIpc) is 2.60. The highest BCUT2D eigenvalue weighted by Gasteiger charge is 2.26. The van der Waals surface area contributed by atoms with Gasteiger partial charge in [0.05, 0.1) is 11.4 Å². The third kappa shape index (κ3) is 5.72. The van der Waals surface area contributed by atoms with E-state index in [9.17, 15) is 9.90 Å². The zero-order chi connectivity index (χ0) is 17.2. The van der Waals surface area contributed by atoms with Crippen LogP contribution in [0.2, 0.25) is 0 Å². The van der Waals surface area contributed by atoms with Gasteiger partial charge in [0.1, 0.15) is 6.04 Å². The lowest BCUT2D eigenvalue weighted by molar-refractivity contribution is -0.144. The van der Waals surface area contributed by atoms with Crippen molar-refractivity contribution in [3.63, 3.8) is 0 Å². The Morgan fingerprint density at radius 3 is 2.04 bits per heavy atom. The Bertz CT molecular complexity index is 565. The predicted octanol–water partition coefficient (Wildman–Crippen LogP) is 2.06. The molecule has 6 nitrogen and oxygen atoms in total. The number of carboxylic acids is 1. The third-order valence-electron chi connectivity index (χ3n) is 3.84. The molecule has 0 aliphatic carbocycles. The lowest BCUT2D eigenvalue weighted by Gasteiger charge is -2.28. The van der Waals surface area contributed by atoms with E-state index in [0.717, 1.165) is 24.2 Å². The first-order valence-corrected chi connectivity index (χ1v) is 8.17. The van der Waals surface area contributed by atoms with Crippen molar-refractivity contribution in [1.82, 2.24) is 14.9 Å². The summed E-state index contributed by atoms with van der Waals surface area (Å²) in [5, 5.41) is 9.69. The number of aromatic nitrogens is 2. The zero-order valence-corrected chi connectivity index (χ0v) is 13.7. The second-order valence-corrected chi connectivity index (χ2v) is 5.69. The maximum absolute atomic E-state index is 11.8. The minimum absolute atomic E-state index is 0.469. The molecule has 1 atom stereocenters. The highest BCUT2D eigenvalue weighted by Crippen LogP contribution is 2.16. The van der Waals surface area contributed by atoms with Crippen LogP contribution in [0.3, 0.4) is 0 Å². The van der Waals surface area contributed by atoms with E-state index in [2.05, 4.69) is 9.97 Å². The Balaban J connectivity index is 2.17. The van der Waals surface area contributed by atoms with E-state index in [1.54, 1.807) is 12.4 Å². The number of unbranched alkanes of at least 4 members (excludes halogenated alkanes) is 1. The van der Waals surface area contributed by atoms with Gasteiger partial charge in [0.2, 0.25) is 0 Å². The molecule has 2 heterocycles. The molecule has 0 fully saturated rings. The first-order chi connectivity index (χ1) is 11.7. The number of nitrogens with zero attached hydrogens (tertiary/aromatic N) is 3. The molecule has 6 heteroatoms. The molecule has 128 valence electrons.